The van der Waals surface area contributed by atoms with Gasteiger partial charge in [0.1, 0.15) is 35.3 Å². The molecule has 3 amide bonds. The van der Waals surface area contributed by atoms with Crippen LogP contribution >= 0.6 is 66.1 Å². The first-order valence-corrected chi connectivity index (χ1v) is 33.6. The number of aliphatic hydroxyl groups excluding tert-OH is 2. The fourth-order valence-electron chi connectivity index (χ4n) is 10.8. The number of fused-ring (bicyclic) bond motifs is 1. The van der Waals surface area contributed by atoms with E-state index in [1.807, 2.05) is 102 Å². The molecule has 22 nitrogen and oxygen atoms in total. The molecule has 0 unspecified atom stereocenters. The lowest BCUT2D eigenvalue weighted by atomic mass is 9.99. The molecular weight excluding hydrogens is 1390 g/mol. The minimum atomic E-state index is -0.647. The van der Waals surface area contributed by atoms with Gasteiger partial charge in [0.2, 0.25) is 5.91 Å². The van der Waals surface area contributed by atoms with Crippen LogP contribution in [0.2, 0.25) is 5.02 Å². The number of allylic oxidation sites excluding steroid dienone is 1. The van der Waals surface area contributed by atoms with Crippen LogP contribution in [0.5, 0.6) is 0 Å². The molecule has 6 heterocycles. The van der Waals surface area contributed by atoms with Gasteiger partial charge in [-0.05, 0) is 153 Å². The summed E-state index contributed by atoms with van der Waals surface area (Å²) >= 11 is 15.7. The van der Waals surface area contributed by atoms with E-state index >= 15 is 0 Å². The minimum Gasteiger partial charge on any atom is -0.511 e. The van der Waals surface area contributed by atoms with Gasteiger partial charge in [-0.25, -0.2) is 19.9 Å². The summed E-state index contributed by atoms with van der Waals surface area (Å²) in [5.41, 5.74) is 7.69. The van der Waals surface area contributed by atoms with Gasteiger partial charge in [-0.3, -0.25) is 33.8 Å². The molecule has 8 aromatic rings. The molecule has 0 bridgehead atoms. The zero-order chi connectivity index (χ0) is 66.6. The van der Waals surface area contributed by atoms with Crippen molar-refractivity contribution in [1.82, 2.24) is 39.2 Å². The topological polar surface area (TPSA) is 299 Å². The second kappa shape index (κ2) is 32.8. The molecule has 0 saturated carbocycles. The molecule has 8 N–H and O–H groups in total. The molecule has 3 aliphatic rings. The van der Waals surface area contributed by atoms with Gasteiger partial charge in [-0.2, -0.15) is 5.26 Å². The monoisotopic (exact) mass is 1460 g/mol. The van der Waals surface area contributed by atoms with Crippen molar-refractivity contribution in [2.24, 2.45) is 7.05 Å². The fraction of sp³-hybridized carbons (Fsp3) is 0.313. The number of likely N-dealkylation sites (N-methyl/N-ethyl adjacent to an activating group) is 2. The number of aryl methyl sites for hydroxylation is 5. The number of β-amino-alcohol motifs (C(OH)–C–C–N with tert-alkyl or cyclic N) is 1. The summed E-state index contributed by atoms with van der Waals surface area (Å²) in [6.07, 6.45) is 8.00. The summed E-state index contributed by atoms with van der Waals surface area (Å²) in [7, 11) is 5.48. The molecule has 2 fully saturated rings. The highest BCUT2D eigenvalue weighted by Gasteiger charge is 2.32. The van der Waals surface area contributed by atoms with Gasteiger partial charge in [0.05, 0.1) is 33.9 Å². The average molecular weight is 1460 g/mol. The zero-order valence-corrected chi connectivity index (χ0v) is 58.5. The van der Waals surface area contributed by atoms with Gasteiger partial charge >= 0.3 is 0 Å². The number of nitrogens with zero attached hydrogens (tertiary/aromatic N) is 10. The molecule has 492 valence electrons. The maximum Gasteiger partial charge on any atom is 0.293 e. The number of nitrogens with one attached hydrogen (secondary N) is 4. The highest BCUT2D eigenvalue weighted by atomic mass is 79.9. The lowest BCUT2D eigenvalue weighted by molar-refractivity contribution is -0.139. The number of thiazole rings is 1. The van der Waals surface area contributed by atoms with Gasteiger partial charge in [0.15, 0.2) is 22.3 Å². The Morgan fingerprint density at radius 3 is 2.26 bits per heavy atom. The van der Waals surface area contributed by atoms with E-state index < -0.39 is 5.91 Å². The Bertz CT molecular complexity index is 4180. The van der Waals surface area contributed by atoms with Crippen LogP contribution in [0, 0.1) is 32.1 Å². The van der Waals surface area contributed by atoms with Crippen molar-refractivity contribution in [1.29, 1.82) is 5.26 Å². The third-order valence-corrected chi connectivity index (χ3v) is 19.7. The average Bonchev–Trinajstić information content (AvgIpc) is 0.976. The molecule has 1 atom stereocenters. The summed E-state index contributed by atoms with van der Waals surface area (Å²) in [4.78, 5) is 92.5. The van der Waals surface area contributed by atoms with Crippen molar-refractivity contribution in [2.75, 3.05) is 92.7 Å². The summed E-state index contributed by atoms with van der Waals surface area (Å²) in [5.74, 6) is 1.35. The van der Waals surface area contributed by atoms with Crippen molar-refractivity contribution >= 4 is 129 Å². The molecule has 4 aromatic heterocycles. The van der Waals surface area contributed by atoms with Crippen LogP contribution < -0.4 is 31.7 Å². The Hall–Kier alpha value is -8.23. The molecule has 27 heteroatoms. The minimum absolute atomic E-state index is 0. The summed E-state index contributed by atoms with van der Waals surface area (Å²) < 4.78 is 2.98. The zero-order valence-electron chi connectivity index (χ0n) is 52.9. The van der Waals surface area contributed by atoms with Crippen LogP contribution in [0.3, 0.4) is 0 Å². The molecule has 4 aromatic carbocycles. The van der Waals surface area contributed by atoms with E-state index in [0.717, 1.165) is 88.6 Å². The van der Waals surface area contributed by atoms with Gasteiger partial charge in [-0.1, -0.05) is 75.3 Å². The number of halogens is 3. The highest BCUT2D eigenvalue weighted by molar-refractivity contribution is 9.11. The normalized spacial score (nSPS) is 15.0. The molecule has 0 radical (unpaired) electrons. The number of ketones is 1. The number of aromatic nitrogens is 5. The lowest BCUT2D eigenvalue weighted by Gasteiger charge is -2.37. The molecule has 2 saturated heterocycles. The number of amides is 3. The SMILES string of the molecule is C/C(O)=C(\C#N)C(=O)Nc1cc(Br)ccc1Br.Cc1c(NC(=O)c2cc3c(s2)CCCC3)cccc1-c1cn(C)c(=O)c(Nc2ccc([C@@H]3C(=O)N(C)CCN3C)cc2)n1.Cc1nc(Nc2ncc(C(=O)Cc3c(C)cccc3Cl)s2)cc(N2CCN(CCO)CC2)n1.O. The van der Waals surface area contributed by atoms with E-state index in [1.54, 1.807) is 66.0 Å². The van der Waals surface area contributed by atoms with Crippen LogP contribution in [0.4, 0.5) is 39.6 Å². The van der Waals surface area contributed by atoms with Crippen LogP contribution in [0.15, 0.2) is 128 Å². The standard InChI is InChI=1S/C33H36N6O3S.C23H27ClN6O2S.C11H8Br2N2O2.H2O/c1-20-24(9-7-10-25(20)36-31(40)28-18-22-8-5-6-11-27(22)43-28)26-19-39(4)33(42)30(35-26)34-23-14-12-21(13-15-23)29-32(41)38(3)17-16-37(29)2;1-15-4-3-5-18(24)17(15)12-19(32)20-14-25-23(33-20)28-21-13-22(27-16(2)26-21)30-8-6-29(7-9-30)10-11-31;1-6(16)8(5-14)11(17)15-10-4-7(12)2-3-9(10)13;/h7,9-10,12-15,18-19,29H,5-6,8,11,16-17H2,1-4H3,(H,34,35)(H,36,40);3-5,13-14,31H,6-12H2,1-2H3,(H,25,26,27,28);2-4,16H,1H3,(H,15,17);1H2/b;;8-6-;/t29-;;;/m1.../s1. The number of anilines is 7. The van der Waals surface area contributed by atoms with E-state index in [2.05, 4.69) is 82.8 Å². The summed E-state index contributed by atoms with van der Waals surface area (Å²) in [6, 6.07) is 29.4. The van der Waals surface area contributed by atoms with Crippen LogP contribution in [0.25, 0.3) is 11.3 Å². The van der Waals surface area contributed by atoms with Crippen LogP contribution in [0.1, 0.15) is 83.7 Å². The Morgan fingerprint density at radius 2 is 1.55 bits per heavy atom. The number of thiophene rings is 1. The van der Waals surface area contributed by atoms with E-state index in [9.17, 15) is 24.0 Å². The molecular formula is C67H73Br2ClN14O8S2. The van der Waals surface area contributed by atoms with Crippen molar-refractivity contribution in [2.45, 2.75) is 65.8 Å². The molecule has 0 spiro atoms. The largest absolute Gasteiger partial charge is 0.511 e. The number of rotatable bonds is 16. The number of carbonyl (C=O) groups is 4. The molecule has 2 aliphatic heterocycles. The first-order valence-electron chi connectivity index (χ1n) is 30.0. The number of hydrogen-bond acceptors (Lipinski definition) is 19. The Morgan fingerprint density at radius 1 is 0.819 bits per heavy atom. The number of nitriles is 1. The molecule has 11 rings (SSSR count). The molecule has 94 heavy (non-hydrogen) atoms. The maximum absolute atomic E-state index is 13.2. The van der Waals surface area contributed by atoms with E-state index in [4.69, 9.17) is 32.1 Å². The van der Waals surface area contributed by atoms with E-state index in [-0.39, 0.29) is 64.9 Å². The first-order chi connectivity index (χ1) is 44.6. The summed E-state index contributed by atoms with van der Waals surface area (Å²) in [6.45, 7) is 12.9. The lowest BCUT2D eigenvalue weighted by Crippen LogP contribution is -2.48. The third-order valence-electron chi connectivity index (χ3n) is 16.0. The van der Waals surface area contributed by atoms with Crippen molar-refractivity contribution in [3.05, 3.63) is 187 Å². The summed E-state index contributed by atoms with van der Waals surface area (Å²) in [5, 5.41) is 40.2. The quantitative estimate of drug-likeness (QED) is 0.0227. The Balaban J connectivity index is 0.000000197. The highest BCUT2D eigenvalue weighted by Crippen LogP contribution is 2.34. The first kappa shape index (κ1) is 71.6. The van der Waals surface area contributed by atoms with Crippen LogP contribution in [-0.2, 0) is 35.9 Å². The van der Waals surface area contributed by atoms with Gasteiger partial charge in [-0.15, -0.1) is 11.3 Å². The number of carbonyl (C=O) groups excluding carboxylic acids is 4. The Labute approximate surface area is 574 Å². The van der Waals surface area contributed by atoms with E-state index in [1.165, 1.54) is 46.1 Å². The van der Waals surface area contributed by atoms with Crippen molar-refractivity contribution < 1.29 is 34.9 Å². The number of benzene rings is 4. The Kier molecular flexibility index (Phi) is 25.0. The predicted molar refractivity (Wildman–Crippen MR) is 378 cm³/mol. The van der Waals surface area contributed by atoms with Gasteiger partial charge in [0, 0.05) is 114 Å². The third kappa shape index (κ3) is 18.0. The number of piperazine rings is 2. The number of hydrogen-bond donors (Lipinski definition) is 6. The second-order valence-corrected chi connectivity index (χ2v) is 27.0. The molecule has 1 aliphatic carbocycles. The maximum atomic E-state index is 13.2. The number of Topliss-reactive ketones (excluding diaryl/α,β-unsaturated/α-hetero) is 1. The smallest absolute Gasteiger partial charge is 0.293 e. The van der Waals surface area contributed by atoms with Crippen LogP contribution in [-0.4, -0.2) is 145 Å². The second-order valence-electron chi connectivity index (χ2n) is 22.6. The fourth-order valence-corrected chi connectivity index (χ4v) is 13.7. The predicted octanol–water partition coefficient (Wildman–Crippen LogP) is 11.3. The van der Waals surface area contributed by atoms with Gasteiger partial charge < -0.3 is 51.3 Å². The number of aliphatic hydroxyl groups is 2. The van der Waals surface area contributed by atoms with Gasteiger partial charge in [0.25, 0.3) is 17.4 Å². The van der Waals surface area contributed by atoms with E-state index in [0.29, 0.717) is 67.0 Å². The van der Waals surface area contributed by atoms with Crippen molar-refractivity contribution in [3.63, 3.8) is 0 Å². The van der Waals surface area contributed by atoms with Crippen molar-refractivity contribution in [3.8, 4) is 17.3 Å².